The van der Waals surface area contributed by atoms with Crippen molar-refractivity contribution in [1.29, 1.82) is 0 Å². The standard InChI is InChI=1S/C19H18BrN3OS2/c1-11-21-18(17-14-7-2-3-8-15(14)26-19(17)22-11)25-10-16(24)23-13-6-4-5-12(20)9-13/h4-6,9H,2-3,7-8,10H2,1H3,(H,23,24). The van der Waals surface area contributed by atoms with Crippen LogP contribution in [0.15, 0.2) is 33.8 Å². The predicted octanol–water partition coefficient (Wildman–Crippen LogP) is 5.37. The smallest absolute Gasteiger partial charge is 0.234 e. The predicted molar refractivity (Wildman–Crippen MR) is 112 cm³/mol. The van der Waals surface area contributed by atoms with Crippen LogP contribution in [0, 0.1) is 6.92 Å². The largest absolute Gasteiger partial charge is 0.325 e. The average Bonchev–Trinajstić information content (AvgIpc) is 2.97. The summed E-state index contributed by atoms with van der Waals surface area (Å²) in [5.74, 6) is 1.08. The molecule has 7 heteroatoms. The molecule has 0 aliphatic heterocycles. The molecule has 0 fully saturated rings. The average molecular weight is 448 g/mol. The number of carbonyl (C=O) groups is 1. The van der Waals surface area contributed by atoms with Gasteiger partial charge < -0.3 is 5.32 Å². The Kier molecular flexibility index (Phi) is 5.29. The molecule has 0 saturated heterocycles. The summed E-state index contributed by atoms with van der Waals surface area (Å²) in [4.78, 5) is 24.2. The van der Waals surface area contributed by atoms with Crippen LogP contribution in [0.25, 0.3) is 10.2 Å². The summed E-state index contributed by atoms with van der Waals surface area (Å²) in [6.07, 6.45) is 4.71. The van der Waals surface area contributed by atoms with Crippen molar-refractivity contribution in [3.8, 4) is 0 Å². The van der Waals surface area contributed by atoms with Crippen molar-refractivity contribution < 1.29 is 4.79 Å². The van der Waals surface area contributed by atoms with E-state index in [2.05, 4.69) is 31.2 Å². The summed E-state index contributed by atoms with van der Waals surface area (Å²) in [5, 5.41) is 5.06. The highest BCUT2D eigenvalue weighted by Gasteiger charge is 2.21. The van der Waals surface area contributed by atoms with Crippen molar-refractivity contribution in [2.24, 2.45) is 0 Å². The number of halogens is 1. The molecule has 1 amide bonds. The number of rotatable bonds is 4. The zero-order chi connectivity index (χ0) is 18.1. The number of thiophene rings is 1. The number of aromatic nitrogens is 2. The van der Waals surface area contributed by atoms with E-state index in [1.165, 1.54) is 40.4 Å². The fourth-order valence-corrected chi connectivity index (χ4v) is 5.90. The van der Waals surface area contributed by atoms with Gasteiger partial charge in [0.1, 0.15) is 15.7 Å². The van der Waals surface area contributed by atoms with Crippen LogP contribution in [0.3, 0.4) is 0 Å². The third-order valence-corrected chi connectivity index (χ3v) is 7.00. The quantitative estimate of drug-likeness (QED) is 0.431. The van der Waals surface area contributed by atoms with Crippen LogP contribution in [0.4, 0.5) is 5.69 Å². The van der Waals surface area contributed by atoms with Crippen molar-refractivity contribution in [3.63, 3.8) is 0 Å². The molecule has 134 valence electrons. The SMILES string of the molecule is Cc1nc(SCC(=O)Nc2cccc(Br)c2)c2c3c(sc2n1)CCCC3. The maximum absolute atomic E-state index is 12.4. The lowest BCUT2D eigenvalue weighted by Gasteiger charge is -2.12. The number of thioether (sulfide) groups is 1. The van der Waals surface area contributed by atoms with Gasteiger partial charge in [0.05, 0.1) is 5.75 Å². The first kappa shape index (κ1) is 17.9. The number of carbonyl (C=O) groups excluding carboxylic acids is 1. The Morgan fingerprint density at radius 2 is 2.15 bits per heavy atom. The highest BCUT2D eigenvalue weighted by Crippen LogP contribution is 2.39. The lowest BCUT2D eigenvalue weighted by molar-refractivity contribution is -0.113. The van der Waals surface area contributed by atoms with Crippen LogP contribution in [0.5, 0.6) is 0 Å². The molecule has 0 unspecified atom stereocenters. The number of hydrogen-bond donors (Lipinski definition) is 1. The maximum Gasteiger partial charge on any atom is 0.234 e. The topological polar surface area (TPSA) is 54.9 Å². The van der Waals surface area contributed by atoms with E-state index in [4.69, 9.17) is 0 Å². The summed E-state index contributed by atoms with van der Waals surface area (Å²) < 4.78 is 0.945. The van der Waals surface area contributed by atoms with Crippen LogP contribution in [-0.2, 0) is 17.6 Å². The molecule has 1 aliphatic carbocycles. The number of nitrogens with zero attached hydrogens (tertiary/aromatic N) is 2. The fourth-order valence-electron chi connectivity index (χ4n) is 3.23. The van der Waals surface area contributed by atoms with Gasteiger partial charge in [0.15, 0.2) is 0 Å². The second-order valence-corrected chi connectivity index (χ2v) is 9.28. The van der Waals surface area contributed by atoms with Gasteiger partial charge in [-0.05, 0) is 56.4 Å². The van der Waals surface area contributed by atoms with Crippen molar-refractivity contribution in [2.45, 2.75) is 37.6 Å². The number of aryl methyl sites for hydroxylation is 3. The van der Waals surface area contributed by atoms with Crippen LogP contribution in [0.2, 0.25) is 0 Å². The van der Waals surface area contributed by atoms with E-state index in [1.807, 2.05) is 31.2 Å². The molecule has 0 bridgehead atoms. The molecule has 4 nitrogen and oxygen atoms in total. The monoisotopic (exact) mass is 447 g/mol. The van der Waals surface area contributed by atoms with Gasteiger partial charge in [-0.2, -0.15) is 0 Å². The summed E-state index contributed by atoms with van der Waals surface area (Å²) in [6, 6.07) is 7.62. The van der Waals surface area contributed by atoms with Crippen LogP contribution >= 0.6 is 39.0 Å². The zero-order valence-corrected chi connectivity index (χ0v) is 17.6. The van der Waals surface area contributed by atoms with E-state index in [-0.39, 0.29) is 5.91 Å². The third kappa shape index (κ3) is 3.80. The van der Waals surface area contributed by atoms with Gasteiger partial charge >= 0.3 is 0 Å². The number of amides is 1. The fraction of sp³-hybridized carbons (Fsp3) is 0.316. The Hall–Kier alpha value is -1.44. The molecule has 26 heavy (non-hydrogen) atoms. The molecule has 4 rings (SSSR count). The number of anilines is 1. The van der Waals surface area contributed by atoms with Crippen molar-refractivity contribution in [1.82, 2.24) is 9.97 Å². The molecule has 0 spiro atoms. The third-order valence-electron chi connectivity index (χ3n) is 4.34. The van der Waals surface area contributed by atoms with E-state index in [9.17, 15) is 4.79 Å². The second kappa shape index (κ2) is 7.66. The molecule has 0 atom stereocenters. The van der Waals surface area contributed by atoms with Gasteiger partial charge in [-0.3, -0.25) is 4.79 Å². The minimum atomic E-state index is -0.0263. The highest BCUT2D eigenvalue weighted by atomic mass is 79.9. The summed E-state index contributed by atoms with van der Waals surface area (Å²) in [7, 11) is 0. The minimum Gasteiger partial charge on any atom is -0.325 e. The maximum atomic E-state index is 12.4. The minimum absolute atomic E-state index is 0.0263. The first-order chi connectivity index (χ1) is 12.6. The number of nitrogens with one attached hydrogen (secondary N) is 1. The summed E-state index contributed by atoms with van der Waals surface area (Å²) >= 11 is 6.72. The second-order valence-electron chi connectivity index (χ2n) is 6.31. The summed E-state index contributed by atoms with van der Waals surface area (Å²) in [5.41, 5.74) is 2.20. The molecule has 2 heterocycles. The van der Waals surface area contributed by atoms with Crippen LogP contribution < -0.4 is 5.32 Å². The van der Waals surface area contributed by atoms with Crippen molar-refractivity contribution >= 4 is 60.8 Å². The highest BCUT2D eigenvalue weighted by molar-refractivity contribution is 9.10. The van der Waals surface area contributed by atoms with Gasteiger partial charge in [0, 0.05) is 20.4 Å². The lowest BCUT2D eigenvalue weighted by atomic mass is 9.97. The Morgan fingerprint density at radius 1 is 1.31 bits per heavy atom. The van der Waals surface area contributed by atoms with E-state index in [0.29, 0.717) is 5.75 Å². The molecule has 3 aromatic rings. The Labute approximate surface area is 169 Å². The first-order valence-corrected chi connectivity index (χ1v) is 11.2. The normalized spacial score (nSPS) is 13.6. The van der Waals surface area contributed by atoms with Crippen LogP contribution in [0.1, 0.15) is 29.1 Å². The Morgan fingerprint density at radius 3 is 3.00 bits per heavy atom. The molecular weight excluding hydrogens is 430 g/mol. The molecule has 2 aromatic heterocycles. The van der Waals surface area contributed by atoms with Gasteiger partial charge in [0.25, 0.3) is 0 Å². The zero-order valence-electron chi connectivity index (χ0n) is 14.3. The molecule has 1 aliphatic rings. The molecule has 1 aromatic carbocycles. The van der Waals surface area contributed by atoms with Crippen molar-refractivity contribution in [2.75, 3.05) is 11.1 Å². The molecule has 0 saturated carbocycles. The van der Waals surface area contributed by atoms with Crippen LogP contribution in [-0.4, -0.2) is 21.6 Å². The lowest BCUT2D eigenvalue weighted by Crippen LogP contribution is -2.14. The molecule has 1 N–H and O–H groups in total. The van der Waals surface area contributed by atoms with Gasteiger partial charge in [0.2, 0.25) is 5.91 Å². The van der Waals surface area contributed by atoms with E-state index < -0.39 is 0 Å². The molecular formula is C19H18BrN3OS2. The van der Waals surface area contributed by atoms with Gasteiger partial charge in [-0.1, -0.05) is 33.8 Å². The number of benzene rings is 1. The Balaban J connectivity index is 1.55. The van der Waals surface area contributed by atoms with Gasteiger partial charge in [-0.25, -0.2) is 9.97 Å². The van der Waals surface area contributed by atoms with E-state index >= 15 is 0 Å². The molecule has 0 radical (unpaired) electrons. The number of fused-ring (bicyclic) bond motifs is 3. The van der Waals surface area contributed by atoms with Gasteiger partial charge in [-0.15, -0.1) is 11.3 Å². The summed E-state index contributed by atoms with van der Waals surface area (Å²) in [6.45, 7) is 1.92. The Bertz CT molecular complexity index is 986. The number of hydrogen-bond acceptors (Lipinski definition) is 5. The van der Waals surface area contributed by atoms with Crippen molar-refractivity contribution in [3.05, 3.63) is 45.0 Å². The van der Waals surface area contributed by atoms with E-state index in [0.717, 1.165) is 38.7 Å². The van der Waals surface area contributed by atoms with E-state index in [1.54, 1.807) is 11.3 Å². The first-order valence-electron chi connectivity index (χ1n) is 8.57.